The summed E-state index contributed by atoms with van der Waals surface area (Å²) in [6.45, 7) is 2.35. The predicted molar refractivity (Wildman–Crippen MR) is 99.3 cm³/mol. The second-order valence-electron chi connectivity index (χ2n) is 6.41. The third-order valence-corrected chi connectivity index (χ3v) is 4.25. The minimum Gasteiger partial charge on any atom is -0.338 e. The van der Waals surface area contributed by atoms with Crippen molar-refractivity contribution in [2.75, 3.05) is 17.2 Å². The molecule has 1 aliphatic heterocycles. The third-order valence-electron chi connectivity index (χ3n) is 4.25. The van der Waals surface area contributed by atoms with Crippen molar-refractivity contribution in [3.63, 3.8) is 0 Å². The molecule has 6 heteroatoms. The molecule has 1 aliphatic rings. The average molecular weight is 351 g/mol. The molecule has 0 radical (unpaired) electrons. The number of amides is 3. The van der Waals surface area contributed by atoms with Gasteiger partial charge in [-0.2, -0.15) is 0 Å². The summed E-state index contributed by atoms with van der Waals surface area (Å²) in [4.78, 5) is 37.6. The fraction of sp³-hybridized carbons (Fsp3) is 0.250. The van der Waals surface area contributed by atoms with Crippen LogP contribution < -0.4 is 10.6 Å². The lowest BCUT2D eigenvalue weighted by molar-refractivity contribution is -0.128. The maximum atomic E-state index is 12.5. The highest BCUT2D eigenvalue weighted by Gasteiger charge is 2.34. The van der Waals surface area contributed by atoms with Crippen LogP contribution in [0.5, 0.6) is 0 Å². The number of anilines is 2. The topological polar surface area (TPSA) is 78.5 Å². The number of carbonyl (C=O) groups excluding carboxylic acids is 3. The van der Waals surface area contributed by atoms with Crippen LogP contribution in [0.25, 0.3) is 0 Å². The van der Waals surface area contributed by atoms with Crippen molar-refractivity contribution in [3.8, 4) is 0 Å². The zero-order valence-corrected chi connectivity index (χ0v) is 14.6. The Morgan fingerprint density at radius 3 is 2.42 bits per heavy atom. The van der Waals surface area contributed by atoms with Gasteiger partial charge in [0.15, 0.2) is 0 Å². The summed E-state index contributed by atoms with van der Waals surface area (Å²) in [5, 5.41) is 5.51. The average Bonchev–Trinajstić information content (AvgIpc) is 2.96. The lowest BCUT2D eigenvalue weighted by Crippen LogP contribution is -2.28. The van der Waals surface area contributed by atoms with Gasteiger partial charge in [0.05, 0.1) is 5.92 Å². The molecule has 134 valence electrons. The second-order valence-corrected chi connectivity index (χ2v) is 6.41. The quantitative estimate of drug-likeness (QED) is 0.869. The van der Waals surface area contributed by atoms with Crippen LogP contribution in [0.4, 0.5) is 11.4 Å². The van der Waals surface area contributed by atoms with Crippen molar-refractivity contribution in [2.24, 2.45) is 5.92 Å². The number of nitrogens with zero attached hydrogens (tertiary/aromatic N) is 1. The summed E-state index contributed by atoms with van der Waals surface area (Å²) in [5.41, 5.74) is 2.25. The summed E-state index contributed by atoms with van der Waals surface area (Å²) in [5.74, 6) is -0.753. The Hall–Kier alpha value is -3.15. The van der Waals surface area contributed by atoms with Crippen LogP contribution >= 0.6 is 0 Å². The molecule has 0 aromatic heterocycles. The van der Waals surface area contributed by atoms with E-state index < -0.39 is 0 Å². The van der Waals surface area contributed by atoms with Gasteiger partial charge in [-0.1, -0.05) is 36.4 Å². The number of nitrogens with one attached hydrogen (secondary N) is 2. The lowest BCUT2D eigenvalue weighted by Gasteiger charge is -2.16. The normalized spacial score (nSPS) is 16.4. The Labute approximate surface area is 152 Å². The molecule has 0 bridgehead atoms. The molecular weight excluding hydrogens is 330 g/mol. The predicted octanol–water partition coefficient (Wildman–Crippen LogP) is 2.63. The first-order valence-electron chi connectivity index (χ1n) is 8.51. The number of rotatable bonds is 5. The van der Waals surface area contributed by atoms with Crippen molar-refractivity contribution in [1.82, 2.24) is 4.90 Å². The molecule has 3 amide bonds. The standard InChI is InChI=1S/C20H21N3O3/c1-14(24)21-17-8-5-9-18(11-17)22-20(26)16-10-19(25)23(13-16)12-15-6-3-2-4-7-15/h2-9,11,16H,10,12-13H2,1H3,(H,21,24)(H,22,26)/t16-/m0/s1. The molecule has 1 heterocycles. The van der Waals surface area contributed by atoms with Crippen molar-refractivity contribution < 1.29 is 14.4 Å². The zero-order valence-electron chi connectivity index (χ0n) is 14.6. The maximum absolute atomic E-state index is 12.5. The van der Waals surface area contributed by atoms with Gasteiger partial charge in [-0.25, -0.2) is 0 Å². The number of likely N-dealkylation sites (tertiary alicyclic amines) is 1. The number of hydrogen-bond donors (Lipinski definition) is 2. The molecule has 0 saturated carbocycles. The monoisotopic (exact) mass is 351 g/mol. The van der Waals surface area contributed by atoms with E-state index in [2.05, 4.69) is 10.6 Å². The Bertz CT molecular complexity index is 820. The van der Waals surface area contributed by atoms with E-state index in [0.29, 0.717) is 24.5 Å². The summed E-state index contributed by atoms with van der Waals surface area (Å²) >= 11 is 0. The highest BCUT2D eigenvalue weighted by atomic mass is 16.2. The molecule has 2 aromatic carbocycles. The van der Waals surface area contributed by atoms with Crippen LogP contribution in [0.3, 0.4) is 0 Å². The summed E-state index contributed by atoms with van der Waals surface area (Å²) in [6.07, 6.45) is 0.212. The number of hydrogen-bond acceptors (Lipinski definition) is 3. The van der Waals surface area contributed by atoms with E-state index >= 15 is 0 Å². The molecular formula is C20H21N3O3. The van der Waals surface area contributed by atoms with Gasteiger partial charge < -0.3 is 15.5 Å². The van der Waals surface area contributed by atoms with E-state index in [4.69, 9.17) is 0 Å². The maximum Gasteiger partial charge on any atom is 0.229 e. The van der Waals surface area contributed by atoms with Gasteiger partial charge in [0, 0.05) is 37.8 Å². The first-order valence-corrected chi connectivity index (χ1v) is 8.51. The van der Waals surface area contributed by atoms with E-state index in [1.54, 1.807) is 29.2 Å². The fourth-order valence-electron chi connectivity index (χ4n) is 3.03. The highest BCUT2D eigenvalue weighted by molar-refractivity contribution is 5.98. The van der Waals surface area contributed by atoms with Crippen LogP contribution in [-0.4, -0.2) is 29.2 Å². The second kappa shape index (κ2) is 7.82. The smallest absolute Gasteiger partial charge is 0.229 e. The van der Waals surface area contributed by atoms with Crippen LogP contribution in [0, 0.1) is 5.92 Å². The van der Waals surface area contributed by atoms with Gasteiger partial charge in [-0.05, 0) is 23.8 Å². The van der Waals surface area contributed by atoms with Gasteiger partial charge in [-0.15, -0.1) is 0 Å². The molecule has 6 nitrogen and oxygen atoms in total. The summed E-state index contributed by atoms with van der Waals surface area (Å²) in [7, 11) is 0. The van der Waals surface area contributed by atoms with E-state index in [1.807, 2.05) is 30.3 Å². The summed E-state index contributed by atoms with van der Waals surface area (Å²) in [6, 6.07) is 16.7. The van der Waals surface area contributed by atoms with Gasteiger partial charge >= 0.3 is 0 Å². The summed E-state index contributed by atoms with van der Waals surface area (Å²) < 4.78 is 0. The molecule has 1 fully saturated rings. The molecule has 0 unspecified atom stereocenters. The van der Waals surface area contributed by atoms with Crippen molar-refractivity contribution in [1.29, 1.82) is 0 Å². The van der Waals surface area contributed by atoms with E-state index in [-0.39, 0.29) is 30.1 Å². The minimum atomic E-state index is -0.379. The Morgan fingerprint density at radius 2 is 1.73 bits per heavy atom. The van der Waals surface area contributed by atoms with Crippen molar-refractivity contribution >= 4 is 29.1 Å². The Morgan fingerprint density at radius 1 is 1.04 bits per heavy atom. The van der Waals surface area contributed by atoms with Crippen molar-refractivity contribution in [2.45, 2.75) is 19.9 Å². The van der Waals surface area contributed by atoms with Crippen LogP contribution in [-0.2, 0) is 20.9 Å². The minimum absolute atomic E-state index is 0.0130. The molecule has 1 atom stereocenters. The Kier molecular flexibility index (Phi) is 5.31. The van der Waals surface area contributed by atoms with Gasteiger partial charge in [0.1, 0.15) is 0 Å². The van der Waals surface area contributed by atoms with E-state index in [9.17, 15) is 14.4 Å². The number of benzene rings is 2. The molecule has 26 heavy (non-hydrogen) atoms. The molecule has 0 spiro atoms. The number of carbonyl (C=O) groups is 3. The van der Waals surface area contributed by atoms with Gasteiger partial charge in [0.2, 0.25) is 17.7 Å². The highest BCUT2D eigenvalue weighted by Crippen LogP contribution is 2.23. The first-order chi connectivity index (χ1) is 12.5. The van der Waals surface area contributed by atoms with Gasteiger partial charge in [-0.3, -0.25) is 14.4 Å². The molecule has 3 rings (SSSR count). The Balaban J connectivity index is 1.60. The largest absolute Gasteiger partial charge is 0.338 e. The molecule has 2 aromatic rings. The molecule has 2 N–H and O–H groups in total. The van der Waals surface area contributed by atoms with E-state index in [1.165, 1.54) is 6.92 Å². The van der Waals surface area contributed by atoms with Gasteiger partial charge in [0.25, 0.3) is 0 Å². The third kappa shape index (κ3) is 4.47. The molecule has 1 saturated heterocycles. The fourth-order valence-corrected chi connectivity index (χ4v) is 3.03. The van der Waals surface area contributed by atoms with Crippen LogP contribution in [0.15, 0.2) is 54.6 Å². The zero-order chi connectivity index (χ0) is 18.5. The van der Waals surface area contributed by atoms with E-state index in [0.717, 1.165) is 5.56 Å². The first kappa shape index (κ1) is 17.7. The SMILES string of the molecule is CC(=O)Nc1cccc(NC(=O)[C@H]2CC(=O)N(Cc3ccccc3)C2)c1. The lowest BCUT2D eigenvalue weighted by atomic mass is 10.1. The molecule has 0 aliphatic carbocycles. The van der Waals surface area contributed by atoms with Crippen LogP contribution in [0.2, 0.25) is 0 Å². The van der Waals surface area contributed by atoms with Crippen molar-refractivity contribution in [3.05, 3.63) is 60.2 Å². The van der Waals surface area contributed by atoms with Crippen LogP contribution in [0.1, 0.15) is 18.9 Å².